The van der Waals surface area contributed by atoms with Crippen molar-refractivity contribution >= 4 is 12.6 Å². The monoisotopic (exact) mass is 564 g/mol. The van der Waals surface area contributed by atoms with Crippen LogP contribution in [0.15, 0.2) is 48.5 Å². The predicted molar refractivity (Wildman–Crippen MR) is 168 cm³/mol. The summed E-state index contributed by atoms with van der Waals surface area (Å²) >= 11 is 0. The molecule has 5 nitrogen and oxygen atoms in total. The highest BCUT2D eigenvalue weighted by atomic mass is 16.6. The Hall–Kier alpha value is -2.02. The standard InChI is InChI=1S/C35H53BO5/c1-3-5-7-9-10-11-13-15-27-37-31-20-16-29(17-21-31)33-24-25-34-35(40-33)28-39-36(41-34)30-18-22-32(23-19-30)38-26-14-12-8-6-4-2/h16-23,33-35H,3-15,24-28H2,1-2H3. The van der Waals surface area contributed by atoms with Crippen molar-refractivity contribution in [2.24, 2.45) is 0 Å². The average Bonchev–Trinajstić information content (AvgIpc) is 3.02. The summed E-state index contributed by atoms with van der Waals surface area (Å²) in [6.45, 7) is 6.62. The molecular formula is C35H53BO5. The minimum atomic E-state index is -0.350. The van der Waals surface area contributed by atoms with Crippen molar-refractivity contribution in [2.45, 2.75) is 128 Å². The molecule has 2 aromatic rings. The van der Waals surface area contributed by atoms with E-state index < -0.39 is 0 Å². The van der Waals surface area contributed by atoms with Crippen LogP contribution in [0.5, 0.6) is 11.5 Å². The summed E-state index contributed by atoms with van der Waals surface area (Å²) in [6.07, 6.45) is 18.7. The molecular weight excluding hydrogens is 511 g/mol. The molecule has 2 heterocycles. The molecule has 2 aliphatic heterocycles. The Balaban J connectivity index is 1.12. The van der Waals surface area contributed by atoms with Crippen molar-refractivity contribution < 1.29 is 23.5 Å². The van der Waals surface area contributed by atoms with Gasteiger partial charge in [0.1, 0.15) is 17.6 Å². The van der Waals surface area contributed by atoms with Gasteiger partial charge in [-0.25, -0.2) is 0 Å². The molecule has 2 aliphatic rings. The van der Waals surface area contributed by atoms with Gasteiger partial charge in [-0.3, -0.25) is 0 Å². The third-order valence-electron chi connectivity index (χ3n) is 8.36. The summed E-state index contributed by atoms with van der Waals surface area (Å²) < 4.78 is 30.8. The molecule has 2 saturated heterocycles. The minimum Gasteiger partial charge on any atom is -0.494 e. The van der Waals surface area contributed by atoms with E-state index in [1.807, 2.05) is 12.1 Å². The van der Waals surface area contributed by atoms with Crippen LogP contribution in [-0.4, -0.2) is 39.1 Å². The molecule has 6 heteroatoms. The van der Waals surface area contributed by atoms with E-state index in [1.54, 1.807) is 0 Å². The summed E-state index contributed by atoms with van der Waals surface area (Å²) in [5, 5.41) is 0. The van der Waals surface area contributed by atoms with E-state index in [2.05, 4.69) is 50.2 Å². The van der Waals surface area contributed by atoms with Crippen molar-refractivity contribution in [3.05, 3.63) is 54.1 Å². The van der Waals surface area contributed by atoms with Crippen LogP contribution in [-0.2, 0) is 14.0 Å². The highest BCUT2D eigenvalue weighted by Crippen LogP contribution is 2.35. The van der Waals surface area contributed by atoms with Crippen LogP contribution >= 0.6 is 0 Å². The summed E-state index contributed by atoms with van der Waals surface area (Å²) in [6, 6.07) is 16.6. The van der Waals surface area contributed by atoms with Gasteiger partial charge in [-0.1, -0.05) is 109 Å². The lowest BCUT2D eigenvalue weighted by molar-refractivity contribution is -0.150. The van der Waals surface area contributed by atoms with E-state index in [1.165, 1.54) is 76.2 Å². The van der Waals surface area contributed by atoms with Crippen LogP contribution in [0.1, 0.15) is 122 Å². The van der Waals surface area contributed by atoms with Gasteiger partial charge in [0.25, 0.3) is 0 Å². The second-order valence-electron chi connectivity index (χ2n) is 11.8. The van der Waals surface area contributed by atoms with Crippen molar-refractivity contribution in [3.63, 3.8) is 0 Å². The second-order valence-corrected chi connectivity index (χ2v) is 11.8. The first-order valence-corrected chi connectivity index (χ1v) is 16.6. The molecule has 0 radical (unpaired) electrons. The molecule has 0 bridgehead atoms. The maximum Gasteiger partial charge on any atom is 0.494 e. The zero-order valence-corrected chi connectivity index (χ0v) is 25.7. The predicted octanol–water partition coefficient (Wildman–Crippen LogP) is 8.59. The summed E-state index contributed by atoms with van der Waals surface area (Å²) in [5.41, 5.74) is 2.23. The molecule has 3 unspecified atom stereocenters. The first-order valence-electron chi connectivity index (χ1n) is 16.6. The molecule has 0 amide bonds. The molecule has 2 fully saturated rings. The highest BCUT2D eigenvalue weighted by Gasteiger charge is 2.41. The Kier molecular flexibility index (Phi) is 14.4. The lowest BCUT2D eigenvalue weighted by Crippen LogP contribution is -2.54. The summed E-state index contributed by atoms with van der Waals surface area (Å²) in [4.78, 5) is 0. The number of benzene rings is 2. The van der Waals surface area contributed by atoms with Crippen LogP contribution in [0.3, 0.4) is 0 Å². The molecule has 3 atom stereocenters. The lowest BCUT2D eigenvalue weighted by atomic mass is 9.76. The van der Waals surface area contributed by atoms with Crippen LogP contribution in [0.2, 0.25) is 0 Å². The molecule has 41 heavy (non-hydrogen) atoms. The molecule has 0 aromatic heterocycles. The molecule has 0 saturated carbocycles. The Bertz CT molecular complexity index is 950. The number of hydrogen-bond donors (Lipinski definition) is 0. The largest absolute Gasteiger partial charge is 0.494 e. The fourth-order valence-electron chi connectivity index (χ4n) is 5.79. The third-order valence-corrected chi connectivity index (χ3v) is 8.36. The zero-order chi connectivity index (χ0) is 28.5. The Morgan fingerprint density at radius 2 is 1.17 bits per heavy atom. The number of hydrogen-bond acceptors (Lipinski definition) is 5. The van der Waals surface area contributed by atoms with Crippen molar-refractivity contribution in [3.8, 4) is 11.5 Å². The van der Waals surface area contributed by atoms with Gasteiger partial charge in [-0.15, -0.1) is 0 Å². The Morgan fingerprint density at radius 3 is 1.76 bits per heavy atom. The van der Waals surface area contributed by atoms with Crippen LogP contribution in [0.25, 0.3) is 0 Å². The Labute approximate surface area is 249 Å². The lowest BCUT2D eigenvalue weighted by Gasteiger charge is -2.41. The second kappa shape index (κ2) is 18.5. The SMILES string of the molecule is CCCCCCCCCCOc1ccc(C2CCC3OB(c4ccc(OCCCCCCC)cc4)OCC3O2)cc1. The first kappa shape index (κ1) is 31.9. The van der Waals surface area contributed by atoms with E-state index >= 15 is 0 Å². The third kappa shape index (κ3) is 11.0. The number of ether oxygens (including phenoxy) is 3. The van der Waals surface area contributed by atoms with Gasteiger partial charge in [-0.05, 0) is 61.0 Å². The smallest absolute Gasteiger partial charge is 0.494 e. The molecule has 0 spiro atoms. The van der Waals surface area contributed by atoms with Crippen molar-refractivity contribution in [1.29, 1.82) is 0 Å². The fourth-order valence-corrected chi connectivity index (χ4v) is 5.79. The zero-order valence-electron chi connectivity index (χ0n) is 25.7. The van der Waals surface area contributed by atoms with Gasteiger partial charge in [-0.2, -0.15) is 0 Å². The van der Waals surface area contributed by atoms with E-state index in [9.17, 15) is 0 Å². The van der Waals surface area contributed by atoms with Crippen LogP contribution in [0.4, 0.5) is 0 Å². The quantitative estimate of drug-likeness (QED) is 0.126. The molecule has 4 rings (SSSR count). The number of rotatable bonds is 19. The number of unbranched alkanes of at least 4 members (excludes halogenated alkanes) is 11. The topological polar surface area (TPSA) is 46.2 Å². The maximum absolute atomic E-state index is 6.45. The normalized spacial score (nSPS) is 20.5. The van der Waals surface area contributed by atoms with Gasteiger partial charge < -0.3 is 23.5 Å². The van der Waals surface area contributed by atoms with Crippen molar-refractivity contribution in [1.82, 2.24) is 0 Å². The van der Waals surface area contributed by atoms with Crippen molar-refractivity contribution in [2.75, 3.05) is 19.8 Å². The van der Waals surface area contributed by atoms with E-state index in [0.29, 0.717) is 6.61 Å². The summed E-state index contributed by atoms with van der Waals surface area (Å²) in [5.74, 6) is 1.85. The van der Waals surface area contributed by atoms with Gasteiger partial charge in [0.2, 0.25) is 0 Å². The van der Waals surface area contributed by atoms with E-state index in [0.717, 1.165) is 55.9 Å². The average molecular weight is 565 g/mol. The van der Waals surface area contributed by atoms with Gasteiger partial charge in [0.15, 0.2) is 0 Å². The Morgan fingerprint density at radius 1 is 0.634 bits per heavy atom. The minimum absolute atomic E-state index is 0.0433. The van der Waals surface area contributed by atoms with Gasteiger partial charge in [0.05, 0.1) is 32.0 Å². The van der Waals surface area contributed by atoms with Gasteiger partial charge in [0, 0.05) is 0 Å². The van der Waals surface area contributed by atoms with E-state index in [4.69, 9.17) is 23.5 Å². The maximum atomic E-state index is 6.45. The summed E-state index contributed by atoms with van der Waals surface area (Å²) in [7, 11) is -0.350. The molecule has 226 valence electrons. The highest BCUT2D eigenvalue weighted by molar-refractivity contribution is 6.61. The molecule has 0 N–H and O–H groups in total. The van der Waals surface area contributed by atoms with Crippen LogP contribution < -0.4 is 14.9 Å². The van der Waals surface area contributed by atoms with Crippen LogP contribution in [0, 0.1) is 0 Å². The van der Waals surface area contributed by atoms with Gasteiger partial charge >= 0.3 is 7.12 Å². The van der Waals surface area contributed by atoms with E-state index in [-0.39, 0.29) is 25.4 Å². The fraction of sp³-hybridized carbons (Fsp3) is 0.657. The molecule has 0 aliphatic carbocycles. The molecule has 2 aromatic carbocycles. The number of fused-ring (bicyclic) bond motifs is 1. The first-order chi connectivity index (χ1) is 20.3.